The smallest absolute Gasteiger partial charge is 0.272 e. The Labute approximate surface area is 147 Å². The van der Waals surface area contributed by atoms with Gasteiger partial charge in [0.2, 0.25) is 0 Å². The molecule has 8 heteroatoms. The molecule has 0 atom stereocenters. The molecule has 1 amide bonds. The van der Waals surface area contributed by atoms with Gasteiger partial charge >= 0.3 is 0 Å². The average Bonchev–Trinajstić information content (AvgIpc) is 3.10. The van der Waals surface area contributed by atoms with E-state index in [1.807, 2.05) is 0 Å². The molecular formula is C16H12Cl2N4O2. The van der Waals surface area contributed by atoms with Gasteiger partial charge in [0, 0.05) is 5.02 Å². The molecule has 2 heterocycles. The number of nitrogens with one attached hydrogen (secondary N) is 2. The molecule has 0 aliphatic rings. The van der Waals surface area contributed by atoms with Crippen molar-refractivity contribution in [3.63, 3.8) is 0 Å². The van der Waals surface area contributed by atoms with E-state index in [-0.39, 0.29) is 18.1 Å². The first-order valence-corrected chi connectivity index (χ1v) is 7.74. The number of halogens is 2. The number of furan rings is 1. The number of benzene rings is 1. The second kappa shape index (κ2) is 7.33. The third kappa shape index (κ3) is 4.04. The second-order valence-corrected chi connectivity index (χ2v) is 5.66. The summed E-state index contributed by atoms with van der Waals surface area (Å²) in [4.78, 5) is 12.0. The highest BCUT2D eigenvalue weighted by Crippen LogP contribution is 2.27. The van der Waals surface area contributed by atoms with Crippen LogP contribution in [0.4, 0.5) is 11.5 Å². The Balaban J connectivity index is 1.64. The highest BCUT2D eigenvalue weighted by atomic mass is 35.5. The average molecular weight is 363 g/mol. The Hall–Kier alpha value is -2.57. The first kappa shape index (κ1) is 16.3. The lowest BCUT2D eigenvalue weighted by molar-refractivity contribution is 0.0942. The summed E-state index contributed by atoms with van der Waals surface area (Å²) < 4.78 is 5.14. The summed E-state index contributed by atoms with van der Waals surface area (Å²) in [5.74, 6) is 0.762. The molecule has 6 nitrogen and oxygen atoms in total. The molecule has 0 fully saturated rings. The van der Waals surface area contributed by atoms with Crippen molar-refractivity contribution in [2.75, 3.05) is 5.32 Å². The van der Waals surface area contributed by atoms with Gasteiger partial charge in [-0.05, 0) is 42.5 Å². The van der Waals surface area contributed by atoms with Gasteiger partial charge in [0.25, 0.3) is 5.91 Å². The van der Waals surface area contributed by atoms with Gasteiger partial charge in [-0.15, -0.1) is 10.2 Å². The molecule has 0 aliphatic heterocycles. The summed E-state index contributed by atoms with van der Waals surface area (Å²) in [6.45, 7) is 0.283. The molecule has 3 rings (SSSR count). The molecule has 0 spiro atoms. The number of carbonyl (C=O) groups excluding carboxylic acids is 1. The molecule has 0 radical (unpaired) electrons. The van der Waals surface area contributed by atoms with Crippen molar-refractivity contribution in [1.82, 2.24) is 15.5 Å². The number of carbonyl (C=O) groups is 1. The van der Waals surface area contributed by atoms with Gasteiger partial charge in [0.05, 0.1) is 23.5 Å². The van der Waals surface area contributed by atoms with E-state index >= 15 is 0 Å². The van der Waals surface area contributed by atoms with E-state index in [1.165, 1.54) is 0 Å². The Morgan fingerprint density at radius 1 is 1.12 bits per heavy atom. The van der Waals surface area contributed by atoms with Crippen LogP contribution in [0.15, 0.2) is 53.1 Å². The summed E-state index contributed by atoms with van der Waals surface area (Å²) in [5.41, 5.74) is 0.804. The number of amides is 1. The number of anilines is 2. The lowest BCUT2D eigenvalue weighted by Crippen LogP contribution is -2.23. The first-order chi connectivity index (χ1) is 11.6. The van der Waals surface area contributed by atoms with E-state index in [2.05, 4.69) is 20.8 Å². The lowest BCUT2D eigenvalue weighted by atomic mass is 10.3. The van der Waals surface area contributed by atoms with Crippen LogP contribution in [0.2, 0.25) is 10.0 Å². The fraction of sp³-hybridized carbons (Fsp3) is 0.0625. The van der Waals surface area contributed by atoms with Crippen molar-refractivity contribution in [2.24, 2.45) is 0 Å². The Bertz CT molecular complexity index is 836. The number of rotatable bonds is 5. The number of hydrogen-bond donors (Lipinski definition) is 2. The van der Waals surface area contributed by atoms with Crippen LogP contribution in [0.1, 0.15) is 16.2 Å². The van der Waals surface area contributed by atoms with Crippen molar-refractivity contribution >= 4 is 40.6 Å². The van der Waals surface area contributed by atoms with Crippen molar-refractivity contribution in [3.05, 3.63) is 70.2 Å². The zero-order valence-corrected chi connectivity index (χ0v) is 13.8. The molecule has 0 unspecified atom stereocenters. The Morgan fingerprint density at radius 2 is 2.00 bits per heavy atom. The molecule has 3 aromatic rings. The summed E-state index contributed by atoms with van der Waals surface area (Å²) in [6, 6.07) is 11.8. The number of nitrogens with zero attached hydrogens (tertiary/aromatic N) is 2. The molecule has 0 bridgehead atoms. The van der Waals surface area contributed by atoms with Gasteiger partial charge in [-0.3, -0.25) is 4.79 Å². The third-order valence-corrected chi connectivity index (χ3v) is 3.66. The predicted octanol–water partition coefficient (Wildman–Crippen LogP) is 4.05. The van der Waals surface area contributed by atoms with E-state index in [4.69, 9.17) is 27.6 Å². The molecule has 2 aromatic heterocycles. The molecule has 1 aromatic carbocycles. The fourth-order valence-corrected chi connectivity index (χ4v) is 2.26. The standard InChI is InChI=1S/C16H12Cl2N4O2/c17-10-3-4-12(18)14(8-10)20-15-6-5-13(21-22-15)16(23)19-9-11-2-1-7-24-11/h1-8H,9H2,(H,19,23)(H,20,22). The molecular weight excluding hydrogens is 351 g/mol. The van der Waals surface area contributed by atoms with Crippen LogP contribution in [-0.2, 0) is 6.54 Å². The quantitative estimate of drug-likeness (QED) is 0.715. The van der Waals surface area contributed by atoms with E-state index in [1.54, 1.807) is 48.7 Å². The Kier molecular flexibility index (Phi) is 4.98. The van der Waals surface area contributed by atoms with Gasteiger partial charge in [0.15, 0.2) is 11.5 Å². The highest BCUT2D eigenvalue weighted by molar-refractivity contribution is 6.35. The maximum Gasteiger partial charge on any atom is 0.272 e. The van der Waals surface area contributed by atoms with Gasteiger partial charge in [-0.25, -0.2) is 0 Å². The second-order valence-electron chi connectivity index (χ2n) is 4.82. The van der Waals surface area contributed by atoms with Gasteiger partial charge < -0.3 is 15.1 Å². The van der Waals surface area contributed by atoms with E-state index in [9.17, 15) is 4.79 Å². The zero-order valence-electron chi connectivity index (χ0n) is 12.3. The van der Waals surface area contributed by atoms with Crippen LogP contribution < -0.4 is 10.6 Å². The van der Waals surface area contributed by atoms with Gasteiger partial charge in [-0.1, -0.05) is 23.2 Å². The monoisotopic (exact) mass is 362 g/mol. The minimum absolute atomic E-state index is 0.198. The van der Waals surface area contributed by atoms with Crippen LogP contribution >= 0.6 is 23.2 Å². The molecule has 122 valence electrons. The molecule has 0 saturated heterocycles. The summed E-state index contributed by atoms with van der Waals surface area (Å²) >= 11 is 12.0. The van der Waals surface area contributed by atoms with Gasteiger partial charge in [-0.2, -0.15) is 0 Å². The third-order valence-electron chi connectivity index (χ3n) is 3.09. The zero-order chi connectivity index (χ0) is 16.9. The minimum Gasteiger partial charge on any atom is -0.467 e. The molecule has 0 saturated carbocycles. The van der Waals surface area contributed by atoms with Crippen LogP contribution in [0.5, 0.6) is 0 Å². The summed E-state index contributed by atoms with van der Waals surface area (Å²) in [5, 5.41) is 14.6. The normalized spacial score (nSPS) is 10.4. The maximum absolute atomic E-state index is 12.0. The fourth-order valence-electron chi connectivity index (χ4n) is 1.92. The van der Waals surface area contributed by atoms with Crippen LogP contribution in [0.3, 0.4) is 0 Å². The van der Waals surface area contributed by atoms with Crippen molar-refractivity contribution < 1.29 is 9.21 Å². The maximum atomic E-state index is 12.0. The van der Waals surface area contributed by atoms with Crippen molar-refractivity contribution in [1.29, 1.82) is 0 Å². The molecule has 2 N–H and O–H groups in total. The summed E-state index contributed by atoms with van der Waals surface area (Å²) in [7, 11) is 0. The molecule has 24 heavy (non-hydrogen) atoms. The first-order valence-electron chi connectivity index (χ1n) is 6.98. The predicted molar refractivity (Wildman–Crippen MR) is 91.7 cm³/mol. The Morgan fingerprint density at radius 3 is 2.71 bits per heavy atom. The van der Waals surface area contributed by atoms with Crippen molar-refractivity contribution in [2.45, 2.75) is 6.54 Å². The largest absolute Gasteiger partial charge is 0.467 e. The summed E-state index contributed by atoms with van der Waals surface area (Å²) in [6.07, 6.45) is 1.54. The van der Waals surface area contributed by atoms with Crippen LogP contribution in [0, 0.1) is 0 Å². The van der Waals surface area contributed by atoms with Crippen LogP contribution in [0.25, 0.3) is 0 Å². The number of aromatic nitrogens is 2. The van der Waals surface area contributed by atoms with Gasteiger partial charge in [0.1, 0.15) is 5.76 Å². The minimum atomic E-state index is -0.341. The topological polar surface area (TPSA) is 80.0 Å². The lowest BCUT2D eigenvalue weighted by Gasteiger charge is -2.08. The SMILES string of the molecule is O=C(NCc1ccco1)c1ccc(Nc2cc(Cl)ccc2Cl)nn1. The van der Waals surface area contributed by atoms with E-state index < -0.39 is 0 Å². The highest BCUT2D eigenvalue weighted by Gasteiger charge is 2.09. The number of hydrogen-bond acceptors (Lipinski definition) is 5. The van der Waals surface area contributed by atoms with E-state index in [0.29, 0.717) is 27.3 Å². The van der Waals surface area contributed by atoms with Crippen LogP contribution in [-0.4, -0.2) is 16.1 Å². The van der Waals surface area contributed by atoms with E-state index in [0.717, 1.165) is 0 Å². The molecule has 0 aliphatic carbocycles. The van der Waals surface area contributed by atoms with Crippen molar-refractivity contribution in [3.8, 4) is 0 Å².